The molecule has 86 valence electrons. The molecule has 2 aromatic heterocycles. The zero-order chi connectivity index (χ0) is 12.4. The molecule has 0 saturated carbocycles. The normalized spacial score (nSPS) is 10.2. The number of aromatic nitrogens is 2. The second-order valence-corrected chi connectivity index (χ2v) is 3.72. The molecule has 0 unspecified atom stereocenters. The molecular weight excluding hydrogens is 230 g/mol. The van der Waals surface area contributed by atoms with Gasteiger partial charge in [-0.05, 0) is 0 Å². The predicted molar refractivity (Wildman–Crippen MR) is 58.8 cm³/mol. The van der Waals surface area contributed by atoms with Crippen molar-refractivity contribution in [2.24, 2.45) is 0 Å². The summed E-state index contributed by atoms with van der Waals surface area (Å²) in [7, 11) is 0. The fourth-order valence-corrected chi connectivity index (χ4v) is 1.72. The molecule has 5 nitrogen and oxygen atoms in total. The molecule has 1 aromatic carbocycles. The molecular formula is C13H9N3O2+2. The number of nitrogens with zero attached hydrogens (tertiary/aromatic N) is 3. The first kappa shape index (κ1) is 10.3. The molecule has 18 heavy (non-hydrogen) atoms. The standard InChI is InChI=1S/C13H9N3O2/c14-8-11-5-12(15-1-3-17-9-15)7-13(6-11)16-2-4-18-10-16/h1-7,9-10H/q+2. The monoisotopic (exact) mass is 239 g/mol. The third-order valence-corrected chi connectivity index (χ3v) is 2.58. The van der Waals surface area contributed by atoms with Crippen LogP contribution in [0.3, 0.4) is 0 Å². The summed E-state index contributed by atoms with van der Waals surface area (Å²) in [5, 5.41) is 9.07. The molecule has 2 heterocycles. The second-order valence-electron chi connectivity index (χ2n) is 3.72. The van der Waals surface area contributed by atoms with Gasteiger partial charge >= 0.3 is 12.8 Å². The lowest BCUT2D eigenvalue weighted by atomic mass is 10.2. The topological polar surface area (TPSA) is 57.8 Å². The number of rotatable bonds is 2. The molecule has 0 spiro atoms. The van der Waals surface area contributed by atoms with Gasteiger partial charge in [0.15, 0.2) is 12.5 Å². The van der Waals surface area contributed by atoms with E-state index in [1.54, 1.807) is 59.0 Å². The first-order chi connectivity index (χ1) is 8.86. The third kappa shape index (κ3) is 1.76. The lowest BCUT2D eigenvalue weighted by Gasteiger charge is -1.94. The van der Waals surface area contributed by atoms with E-state index in [1.165, 1.54) is 0 Å². The minimum atomic E-state index is 0.574. The van der Waals surface area contributed by atoms with Crippen LogP contribution in [-0.2, 0) is 0 Å². The highest BCUT2D eigenvalue weighted by molar-refractivity contribution is 5.44. The fraction of sp³-hybridized carbons (Fsp3) is 0. The molecule has 0 aliphatic heterocycles. The maximum atomic E-state index is 9.07. The van der Waals surface area contributed by atoms with Crippen molar-refractivity contribution in [1.29, 1.82) is 5.26 Å². The molecule has 0 bridgehead atoms. The van der Waals surface area contributed by atoms with E-state index in [9.17, 15) is 0 Å². The number of hydrogen-bond acceptors (Lipinski definition) is 3. The SMILES string of the molecule is N#Cc1cc(-[n+]2ccoc2)cc(-[n+]2ccoc2)c1. The van der Waals surface area contributed by atoms with E-state index in [0.29, 0.717) is 5.56 Å². The van der Waals surface area contributed by atoms with Gasteiger partial charge < -0.3 is 8.83 Å². The van der Waals surface area contributed by atoms with Crippen LogP contribution in [0.25, 0.3) is 11.4 Å². The third-order valence-electron chi connectivity index (χ3n) is 2.58. The van der Waals surface area contributed by atoms with Crippen LogP contribution in [0.1, 0.15) is 5.56 Å². The molecule has 0 amide bonds. The van der Waals surface area contributed by atoms with Gasteiger partial charge in [0.25, 0.3) is 0 Å². The summed E-state index contributed by atoms with van der Waals surface area (Å²) in [6.45, 7) is 0. The summed E-state index contributed by atoms with van der Waals surface area (Å²) < 4.78 is 13.6. The Morgan fingerprint density at radius 1 is 0.889 bits per heavy atom. The largest absolute Gasteiger partial charge is 0.412 e. The van der Waals surface area contributed by atoms with Gasteiger partial charge in [-0.25, -0.2) is 0 Å². The number of benzene rings is 1. The number of hydrogen-bond donors (Lipinski definition) is 0. The van der Waals surface area contributed by atoms with Crippen LogP contribution in [0.15, 0.2) is 64.7 Å². The van der Waals surface area contributed by atoms with Gasteiger partial charge in [0.1, 0.15) is 0 Å². The highest BCUT2D eigenvalue weighted by atomic mass is 16.3. The Labute approximate surface area is 103 Å². The lowest BCUT2D eigenvalue weighted by molar-refractivity contribution is -0.607. The Hall–Kier alpha value is -2.87. The molecule has 3 rings (SSSR count). The van der Waals surface area contributed by atoms with E-state index in [1.807, 2.05) is 6.07 Å². The smallest absolute Gasteiger partial charge is 0.340 e. The Kier molecular flexibility index (Phi) is 2.39. The Balaban J connectivity index is 2.17. The first-order valence-electron chi connectivity index (χ1n) is 5.30. The van der Waals surface area contributed by atoms with Crippen LogP contribution >= 0.6 is 0 Å². The predicted octanol–water partition coefficient (Wildman–Crippen LogP) is 1.30. The van der Waals surface area contributed by atoms with Crippen LogP contribution in [0.4, 0.5) is 0 Å². The Morgan fingerprint density at radius 2 is 1.44 bits per heavy atom. The fourth-order valence-electron chi connectivity index (χ4n) is 1.72. The van der Waals surface area contributed by atoms with Crippen LogP contribution in [0.2, 0.25) is 0 Å². The van der Waals surface area contributed by atoms with Crippen molar-refractivity contribution in [2.45, 2.75) is 0 Å². The van der Waals surface area contributed by atoms with E-state index in [4.69, 9.17) is 14.1 Å². The van der Waals surface area contributed by atoms with Gasteiger partial charge in [-0.1, -0.05) is 0 Å². The van der Waals surface area contributed by atoms with E-state index in [2.05, 4.69) is 6.07 Å². The average Bonchev–Trinajstić information content (AvgIpc) is 3.10. The van der Waals surface area contributed by atoms with Crippen molar-refractivity contribution in [3.63, 3.8) is 0 Å². The molecule has 0 aliphatic carbocycles. The van der Waals surface area contributed by atoms with E-state index < -0.39 is 0 Å². The first-order valence-corrected chi connectivity index (χ1v) is 5.30. The maximum absolute atomic E-state index is 9.07. The van der Waals surface area contributed by atoms with Gasteiger partial charge in [0.2, 0.25) is 23.8 Å². The summed E-state index contributed by atoms with van der Waals surface area (Å²) in [6, 6.07) is 7.66. The summed E-state index contributed by atoms with van der Waals surface area (Å²) in [4.78, 5) is 0. The van der Waals surface area contributed by atoms with Gasteiger partial charge in [-0.15, -0.1) is 9.13 Å². The molecule has 0 N–H and O–H groups in total. The molecule has 0 saturated heterocycles. The van der Waals surface area contributed by atoms with Crippen LogP contribution in [-0.4, -0.2) is 0 Å². The molecule has 0 aliphatic rings. The van der Waals surface area contributed by atoms with Crippen molar-refractivity contribution < 1.29 is 18.0 Å². The van der Waals surface area contributed by atoms with Crippen molar-refractivity contribution >= 4 is 0 Å². The molecule has 0 radical (unpaired) electrons. The summed E-state index contributed by atoms with van der Waals surface area (Å²) in [5.41, 5.74) is 2.28. The zero-order valence-electron chi connectivity index (χ0n) is 9.35. The molecule has 0 atom stereocenters. The van der Waals surface area contributed by atoms with Gasteiger partial charge in [-0.3, -0.25) is 0 Å². The van der Waals surface area contributed by atoms with Crippen molar-refractivity contribution in [3.05, 3.63) is 61.5 Å². The average molecular weight is 239 g/mol. The highest BCUT2D eigenvalue weighted by Crippen LogP contribution is 2.10. The maximum Gasteiger partial charge on any atom is 0.340 e. The summed E-state index contributed by atoms with van der Waals surface area (Å²) in [5.74, 6) is 0. The van der Waals surface area contributed by atoms with Crippen LogP contribution in [0.5, 0.6) is 0 Å². The highest BCUT2D eigenvalue weighted by Gasteiger charge is 2.16. The molecule has 5 heteroatoms. The summed E-state index contributed by atoms with van der Waals surface area (Å²) >= 11 is 0. The van der Waals surface area contributed by atoms with E-state index in [-0.39, 0.29) is 0 Å². The molecule has 0 fully saturated rings. The van der Waals surface area contributed by atoms with Crippen LogP contribution < -0.4 is 9.13 Å². The number of oxazole rings is 2. The quantitative estimate of drug-likeness (QED) is 0.633. The lowest BCUT2D eigenvalue weighted by Crippen LogP contribution is -2.31. The van der Waals surface area contributed by atoms with E-state index in [0.717, 1.165) is 11.4 Å². The second kappa shape index (κ2) is 4.18. The van der Waals surface area contributed by atoms with E-state index >= 15 is 0 Å². The van der Waals surface area contributed by atoms with Crippen molar-refractivity contribution in [1.82, 2.24) is 0 Å². The van der Waals surface area contributed by atoms with Gasteiger partial charge in [-0.2, -0.15) is 5.26 Å². The minimum Gasteiger partial charge on any atom is -0.412 e. The van der Waals surface area contributed by atoms with Crippen molar-refractivity contribution in [3.8, 4) is 17.4 Å². The zero-order valence-corrected chi connectivity index (χ0v) is 9.35. The molecule has 3 aromatic rings. The van der Waals surface area contributed by atoms with Crippen LogP contribution in [0, 0.1) is 11.3 Å². The Bertz CT molecular complexity index is 642. The summed E-state index contributed by atoms with van der Waals surface area (Å²) in [6.07, 6.45) is 9.84. The van der Waals surface area contributed by atoms with Crippen molar-refractivity contribution in [2.75, 3.05) is 0 Å². The number of nitriles is 1. The minimum absolute atomic E-state index is 0.574. The van der Waals surface area contributed by atoms with Gasteiger partial charge in [0, 0.05) is 12.1 Å². The van der Waals surface area contributed by atoms with Gasteiger partial charge in [0.05, 0.1) is 17.7 Å². The Morgan fingerprint density at radius 3 is 1.83 bits per heavy atom.